The van der Waals surface area contributed by atoms with Crippen molar-refractivity contribution in [3.05, 3.63) is 59.9 Å². The maximum Gasteiger partial charge on any atom is 0.317 e. The number of amides is 2. The van der Waals surface area contributed by atoms with Crippen LogP contribution >= 0.6 is 0 Å². The minimum atomic E-state index is 0.0729. The van der Waals surface area contributed by atoms with Gasteiger partial charge in [0.15, 0.2) is 0 Å². The average Bonchev–Trinajstić information content (AvgIpc) is 3.02. The van der Waals surface area contributed by atoms with E-state index in [-0.39, 0.29) is 12.1 Å². The molecule has 4 rings (SSSR count). The molecule has 0 bridgehead atoms. The number of piperazine rings is 1. The van der Waals surface area contributed by atoms with E-state index in [1.165, 1.54) is 5.56 Å². The number of ether oxygens (including phenoxy) is 1. The van der Waals surface area contributed by atoms with E-state index in [9.17, 15) is 4.79 Å². The number of aromatic nitrogens is 1. The topological polar surface area (TPSA) is 57.7 Å². The molecule has 0 aliphatic carbocycles. The molecule has 2 amide bonds. The molecule has 1 aromatic heterocycles. The van der Waals surface area contributed by atoms with Gasteiger partial charge in [0.25, 0.3) is 0 Å². The average molecular weight is 338 g/mol. The first-order chi connectivity index (χ1) is 12.3. The molecule has 2 aliphatic heterocycles. The highest BCUT2D eigenvalue weighted by molar-refractivity contribution is 5.77. The van der Waals surface area contributed by atoms with Crippen molar-refractivity contribution in [3.63, 3.8) is 0 Å². The minimum Gasteiger partial charge on any atom is -0.487 e. The number of pyridine rings is 1. The molecular weight excluding hydrogens is 316 g/mol. The third kappa shape index (κ3) is 3.58. The highest BCUT2D eigenvalue weighted by atomic mass is 16.5. The molecule has 25 heavy (non-hydrogen) atoms. The van der Waals surface area contributed by atoms with E-state index in [2.05, 4.69) is 21.3 Å². The van der Waals surface area contributed by atoms with E-state index in [1.807, 2.05) is 41.3 Å². The number of urea groups is 1. The lowest BCUT2D eigenvalue weighted by Crippen LogP contribution is -2.51. The third-order valence-corrected chi connectivity index (χ3v) is 4.78. The number of carbonyl (C=O) groups excluding carboxylic acids is 1. The molecule has 2 aliphatic rings. The summed E-state index contributed by atoms with van der Waals surface area (Å²) in [5.74, 6) is 0.899. The van der Waals surface area contributed by atoms with Crippen molar-refractivity contribution in [2.24, 2.45) is 0 Å². The Balaban J connectivity index is 1.40. The van der Waals surface area contributed by atoms with Crippen molar-refractivity contribution >= 4 is 6.03 Å². The first kappa shape index (κ1) is 15.9. The molecule has 6 nitrogen and oxygen atoms in total. The van der Waals surface area contributed by atoms with Crippen molar-refractivity contribution in [2.75, 3.05) is 26.2 Å². The van der Waals surface area contributed by atoms with Gasteiger partial charge in [0.1, 0.15) is 12.4 Å². The summed E-state index contributed by atoms with van der Waals surface area (Å²) in [5.41, 5.74) is 2.09. The van der Waals surface area contributed by atoms with Gasteiger partial charge in [-0.05, 0) is 18.2 Å². The van der Waals surface area contributed by atoms with Gasteiger partial charge in [0.2, 0.25) is 0 Å². The molecule has 1 N–H and O–H groups in total. The molecule has 130 valence electrons. The smallest absolute Gasteiger partial charge is 0.317 e. The van der Waals surface area contributed by atoms with Crippen LogP contribution in [0.5, 0.6) is 5.75 Å². The summed E-state index contributed by atoms with van der Waals surface area (Å²) in [4.78, 5) is 20.4. The van der Waals surface area contributed by atoms with Crippen LogP contribution in [0.15, 0.2) is 48.7 Å². The van der Waals surface area contributed by atoms with E-state index in [4.69, 9.17) is 4.74 Å². The maximum atomic E-state index is 11.7. The first-order valence-corrected chi connectivity index (χ1v) is 8.67. The Morgan fingerprint density at radius 1 is 1.16 bits per heavy atom. The zero-order chi connectivity index (χ0) is 17.1. The molecule has 6 heteroatoms. The fourth-order valence-electron chi connectivity index (χ4n) is 3.46. The van der Waals surface area contributed by atoms with Crippen molar-refractivity contribution in [1.29, 1.82) is 0 Å². The maximum absolute atomic E-state index is 11.7. The SMILES string of the molecule is O=C1NC[C@@H]2CN(Cc3ccccc3OCc3ccccn3)CCN12. The van der Waals surface area contributed by atoms with Crippen molar-refractivity contribution in [2.45, 2.75) is 19.2 Å². The van der Waals surface area contributed by atoms with Crippen molar-refractivity contribution in [3.8, 4) is 5.75 Å². The lowest BCUT2D eigenvalue weighted by atomic mass is 10.1. The molecule has 2 aromatic rings. The molecule has 0 saturated carbocycles. The quantitative estimate of drug-likeness (QED) is 0.904. The van der Waals surface area contributed by atoms with Gasteiger partial charge in [-0.3, -0.25) is 9.88 Å². The number of hydrogen-bond donors (Lipinski definition) is 1. The summed E-state index contributed by atoms with van der Waals surface area (Å²) >= 11 is 0. The highest BCUT2D eigenvalue weighted by Gasteiger charge is 2.35. The molecular formula is C19H22N4O2. The van der Waals surface area contributed by atoms with Crippen LogP contribution in [0.1, 0.15) is 11.3 Å². The lowest BCUT2D eigenvalue weighted by molar-refractivity contribution is 0.115. The van der Waals surface area contributed by atoms with E-state index >= 15 is 0 Å². The van der Waals surface area contributed by atoms with Crippen LogP contribution in [-0.2, 0) is 13.2 Å². The summed E-state index contributed by atoms with van der Waals surface area (Å²) in [6.45, 7) is 4.61. The molecule has 3 heterocycles. The number of benzene rings is 1. The van der Waals surface area contributed by atoms with Crippen LogP contribution in [0, 0.1) is 0 Å². The standard InChI is InChI=1S/C19H22N4O2/c24-19-21-11-17-13-22(9-10-23(17)19)12-15-5-1-2-7-18(15)25-14-16-6-3-4-8-20-16/h1-8,17H,9-14H2,(H,21,24)/t17-/m1/s1. The number of rotatable bonds is 5. The third-order valence-electron chi connectivity index (χ3n) is 4.78. The highest BCUT2D eigenvalue weighted by Crippen LogP contribution is 2.23. The number of hydrogen-bond acceptors (Lipinski definition) is 4. The molecule has 0 spiro atoms. The first-order valence-electron chi connectivity index (χ1n) is 8.67. The fourth-order valence-corrected chi connectivity index (χ4v) is 3.46. The van der Waals surface area contributed by atoms with Gasteiger partial charge in [-0.1, -0.05) is 24.3 Å². The second-order valence-corrected chi connectivity index (χ2v) is 6.49. The van der Waals surface area contributed by atoms with E-state index in [1.54, 1.807) is 6.20 Å². The Labute approximate surface area is 147 Å². The Morgan fingerprint density at radius 2 is 2.04 bits per heavy atom. The number of fused-ring (bicyclic) bond motifs is 1. The van der Waals surface area contributed by atoms with Crippen LogP contribution in [0.2, 0.25) is 0 Å². The summed E-state index contributed by atoms with van der Waals surface area (Å²) in [7, 11) is 0. The van der Waals surface area contributed by atoms with Crippen molar-refractivity contribution < 1.29 is 9.53 Å². The van der Waals surface area contributed by atoms with Crippen LogP contribution in [0.25, 0.3) is 0 Å². The minimum absolute atomic E-state index is 0.0729. The molecule has 0 radical (unpaired) electrons. The van der Waals surface area contributed by atoms with Crippen LogP contribution < -0.4 is 10.1 Å². The van der Waals surface area contributed by atoms with E-state index < -0.39 is 0 Å². The number of nitrogens with one attached hydrogen (secondary N) is 1. The van der Waals surface area contributed by atoms with Gasteiger partial charge in [-0.2, -0.15) is 0 Å². The molecule has 0 unspecified atom stereocenters. The van der Waals surface area contributed by atoms with Crippen LogP contribution in [0.3, 0.4) is 0 Å². The van der Waals surface area contributed by atoms with Gasteiger partial charge in [-0.25, -0.2) is 4.79 Å². The van der Waals surface area contributed by atoms with Crippen molar-refractivity contribution in [1.82, 2.24) is 20.1 Å². The van der Waals surface area contributed by atoms with Gasteiger partial charge < -0.3 is 15.0 Å². The van der Waals surface area contributed by atoms with E-state index in [0.29, 0.717) is 6.61 Å². The molecule has 2 fully saturated rings. The number of carbonyl (C=O) groups is 1. The Hall–Kier alpha value is -2.60. The zero-order valence-electron chi connectivity index (χ0n) is 14.1. The predicted molar refractivity (Wildman–Crippen MR) is 94.2 cm³/mol. The summed E-state index contributed by atoms with van der Waals surface area (Å²) < 4.78 is 6.00. The summed E-state index contributed by atoms with van der Waals surface area (Å²) in [6, 6.07) is 14.3. The Morgan fingerprint density at radius 3 is 2.92 bits per heavy atom. The molecule has 1 atom stereocenters. The summed E-state index contributed by atoms with van der Waals surface area (Å²) in [5, 5.41) is 2.92. The van der Waals surface area contributed by atoms with Crippen LogP contribution in [-0.4, -0.2) is 53.0 Å². The normalized spacial score (nSPS) is 20.2. The predicted octanol–water partition coefficient (Wildman–Crippen LogP) is 1.87. The van der Waals surface area contributed by atoms with Gasteiger partial charge >= 0.3 is 6.03 Å². The van der Waals surface area contributed by atoms with Crippen LogP contribution in [0.4, 0.5) is 4.79 Å². The molecule has 1 aromatic carbocycles. The fraction of sp³-hybridized carbons (Fsp3) is 0.368. The van der Waals surface area contributed by atoms with Gasteiger partial charge in [-0.15, -0.1) is 0 Å². The number of nitrogens with zero attached hydrogens (tertiary/aromatic N) is 3. The Bertz CT molecular complexity index is 737. The summed E-state index contributed by atoms with van der Waals surface area (Å²) in [6.07, 6.45) is 1.78. The number of para-hydroxylation sites is 1. The zero-order valence-corrected chi connectivity index (χ0v) is 14.1. The second-order valence-electron chi connectivity index (χ2n) is 6.49. The van der Waals surface area contributed by atoms with Gasteiger partial charge in [0.05, 0.1) is 11.7 Å². The molecule has 2 saturated heterocycles. The largest absolute Gasteiger partial charge is 0.487 e. The Kier molecular flexibility index (Phi) is 4.52. The second kappa shape index (κ2) is 7.11. The van der Waals surface area contributed by atoms with Gasteiger partial charge in [0, 0.05) is 44.5 Å². The lowest BCUT2D eigenvalue weighted by Gasteiger charge is -2.36. The monoisotopic (exact) mass is 338 g/mol. The van der Waals surface area contributed by atoms with E-state index in [0.717, 1.165) is 44.2 Å².